The lowest BCUT2D eigenvalue weighted by Crippen LogP contribution is -2.37. The van der Waals surface area contributed by atoms with Crippen LogP contribution in [0.1, 0.15) is 18.7 Å². The Hall–Kier alpha value is -3.59. The molecule has 172 valence electrons. The molecule has 1 aromatic heterocycles. The third-order valence-electron chi connectivity index (χ3n) is 5.94. The smallest absolute Gasteiger partial charge is 0.241 e. The number of fused-ring (bicyclic) bond motifs is 1. The van der Waals surface area contributed by atoms with Gasteiger partial charge in [0.25, 0.3) is 0 Å². The molecule has 1 amide bonds. The van der Waals surface area contributed by atoms with Crippen LogP contribution in [0.5, 0.6) is 17.2 Å². The van der Waals surface area contributed by atoms with E-state index in [2.05, 4.69) is 20.4 Å². The molecular formula is C24H26N4O5. The first-order valence-electron chi connectivity index (χ1n) is 11.1. The van der Waals surface area contributed by atoms with Gasteiger partial charge >= 0.3 is 0 Å². The largest absolute Gasteiger partial charge is 0.497 e. The van der Waals surface area contributed by atoms with Gasteiger partial charge in [-0.1, -0.05) is 5.16 Å². The Labute approximate surface area is 191 Å². The SMILES string of the molecule is COc1ccc(-c2noc(CN3CCC(C(=O)Nc4ccc5c(c4)OCCO5)CC3)n2)cc1. The van der Waals surface area contributed by atoms with Crippen LogP contribution in [-0.4, -0.2) is 54.4 Å². The van der Waals surface area contributed by atoms with Crippen LogP contribution >= 0.6 is 0 Å². The molecule has 0 unspecified atom stereocenters. The Kier molecular flexibility index (Phi) is 6.12. The molecule has 2 aliphatic rings. The highest BCUT2D eigenvalue weighted by Crippen LogP contribution is 2.33. The molecule has 0 saturated carbocycles. The highest BCUT2D eigenvalue weighted by molar-refractivity contribution is 5.93. The van der Waals surface area contributed by atoms with Crippen LogP contribution in [0.3, 0.4) is 0 Å². The molecule has 1 N–H and O–H groups in total. The molecule has 3 heterocycles. The lowest BCUT2D eigenvalue weighted by molar-refractivity contribution is -0.121. The standard InChI is InChI=1S/C24H26N4O5/c1-30-19-5-2-16(3-6-19)23-26-22(33-27-23)15-28-10-8-17(9-11-28)24(29)25-18-4-7-20-21(14-18)32-13-12-31-20/h2-7,14,17H,8-13,15H2,1H3,(H,25,29). The number of ether oxygens (including phenoxy) is 3. The van der Waals surface area contributed by atoms with Gasteiger partial charge in [-0.2, -0.15) is 4.98 Å². The Morgan fingerprint density at radius 1 is 1.09 bits per heavy atom. The topological polar surface area (TPSA) is 99.0 Å². The van der Waals surface area contributed by atoms with E-state index in [0.29, 0.717) is 43.0 Å². The van der Waals surface area contributed by atoms with E-state index in [1.54, 1.807) is 7.11 Å². The zero-order valence-corrected chi connectivity index (χ0v) is 18.5. The molecule has 0 atom stereocenters. The summed E-state index contributed by atoms with van der Waals surface area (Å²) in [5, 5.41) is 7.10. The molecule has 2 aliphatic heterocycles. The van der Waals surface area contributed by atoms with E-state index in [0.717, 1.165) is 42.9 Å². The summed E-state index contributed by atoms with van der Waals surface area (Å²) < 4.78 is 21.7. The second kappa shape index (κ2) is 9.50. The van der Waals surface area contributed by atoms with Gasteiger partial charge in [0.05, 0.1) is 13.7 Å². The van der Waals surface area contributed by atoms with Crippen molar-refractivity contribution in [1.29, 1.82) is 0 Å². The number of hydrogen-bond donors (Lipinski definition) is 1. The number of benzene rings is 2. The minimum atomic E-state index is -0.0352. The highest BCUT2D eigenvalue weighted by atomic mass is 16.6. The van der Waals surface area contributed by atoms with Gasteiger partial charge in [-0.3, -0.25) is 9.69 Å². The van der Waals surface area contributed by atoms with Crippen molar-refractivity contribution < 1.29 is 23.5 Å². The molecule has 2 aromatic carbocycles. The zero-order valence-electron chi connectivity index (χ0n) is 18.5. The maximum absolute atomic E-state index is 12.8. The van der Waals surface area contributed by atoms with E-state index < -0.39 is 0 Å². The summed E-state index contributed by atoms with van der Waals surface area (Å²) in [6.45, 7) is 3.22. The van der Waals surface area contributed by atoms with Crippen molar-refractivity contribution in [3.63, 3.8) is 0 Å². The van der Waals surface area contributed by atoms with Crippen molar-refractivity contribution in [3.05, 3.63) is 48.4 Å². The van der Waals surface area contributed by atoms with Crippen LogP contribution < -0.4 is 19.5 Å². The first-order valence-corrected chi connectivity index (χ1v) is 11.1. The summed E-state index contributed by atoms with van der Waals surface area (Å²) in [5.74, 6) is 3.29. The molecule has 5 rings (SSSR count). The maximum Gasteiger partial charge on any atom is 0.241 e. The Balaban J connectivity index is 1.12. The average Bonchev–Trinajstić information content (AvgIpc) is 3.33. The molecule has 0 bridgehead atoms. The second-order valence-electron chi connectivity index (χ2n) is 8.14. The number of nitrogens with zero attached hydrogens (tertiary/aromatic N) is 3. The van der Waals surface area contributed by atoms with Gasteiger partial charge in [0.2, 0.25) is 17.6 Å². The first-order chi connectivity index (χ1) is 16.2. The number of carbonyl (C=O) groups is 1. The zero-order chi connectivity index (χ0) is 22.6. The predicted octanol–water partition coefficient (Wildman–Crippen LogP) is 3.37. The van der Waals surface area contributed by atoms with E-state index >= 15 is 0 Å². The third kappa shape index (κ3) is 4.93. The Bertz CT molecular complexity index is 1110. The Morgan fingerprint density at radius 3 is 2.61 bits per heavy atom. The molecule has 0 aliphatic carbocycles. The number of nitrogens with one attached hydrogen (secondary N) is 1. The van der Waals surface area contributed by atoms with Crippen molar-refractivity contribution in [2.24, 2.45) is 5.92 Å². The first kappa shape index (κ1) is 21.3. The van der Waals surface area contributed by atoms with Gasteiger partial charge in [-0.15, -0.1) is 0 Å². The van der Waals surface area contributed by atoms with Crippen molar-refractivity contribution in [2.75, 3.05) is 38.7 Å². The van der Waals surface area contributed by atoms with Gasteiger partial charge in [0, 0.05) is 23.2 Å². The van der Waals surface area contributed by atoms with E-state index in [1.807, 2.05) is 42.5 Å². The number of rotatable bonds is 6. The number of amides is 1. The lowest BCUT2D eigenvalue weighted by Gasteiger charge is -2.30. The summed E-state index contributed by atoms with van der Waals surface area (Å²) in [6, 6.07) is 13.0. The quantitative estimate of drug-likeness (QED) is 0.610. The molecule has 9 heteroatoms. The van der Waals surface area contributed by atoms with Gasteiger partial charge in [0.1, 0.15) is 19.0 Å². The fraction of sp³-hybridized carbons (Fsp3) is 0.375. The molecule has 33 heavy (non-hydrogen) atoms. The maximum atomic E-state index is 12.8. The van der Waals surface area contributed by atoms with Crippen molar-refractivity contribution in [3.8, 4) is 28.6 Å². The van der Waals surface area contributed by atoms with E-state index in [9.17, 15) is 4.79 Å². The summed E-state index contributed by atoms with van der Waals surface area (Å²) in [5.41, 5.74) is 1.60. The van der Waals surface area contributed by atoms with Crippen LogP contribution in [-0.2, 0) is 11.3 Å². The fourth-order valence-corrected chi connectivity index (χ4v) is 4.09. The minimum absolute atomic E-state index is 0.0333. The summed E-state index contributed by atoms with van der Waals surface area (Å²) in [7, 11) is 1.63. The van der Waals surface area contributed by atoms with Crippen LogP contribution in [0.2, 0.25) is 0 Å². The van der Waals surface area contributed by atoms with Crippen LogP contribution in [0.25, 0.3) is 11.4 Å². The number of methoxy groups -OCH3 is 1. The highest BCUT2D eigenvalue weighted by Gasteiger charge is 2.26. The minimum Gasteiger partial charge on any atom is -0.497 e. The predicted molar refractivity (Wildman–Crippen MR) is 120 cm³/mol. The van der Waals surface area contributed by atoms with E-state index in [-0.39, 0.29) is 11.8 Å². The molecule has 9 nitrogen and oxygen atoms in total. The molecular weight excluding hydrogens is 424 g/mol. The van der Waals surface area contributed by atoms with Crippen LogP contribution in [0.4, 0.5) is 5.69 Å². The molecule has 3 aromatic rings. The summed E-state index contributed by atoms with van der Waals surface area (Å²) in [6.07, 6.45) is 1.55. The van der Waals surface area contributed by atoms with E-state index in [4.69, 9.17) is 18.7 Å². The number of carbonyl (C=O) groups excluding carboxylic acids is 1. The van der Waals surface area contributed by atoms with Crippen LogP contribution in [0, 0.1) is 5.92 Å². The molecule has 1 saturated heterocycles. The van der Waals surface area contributed by atoms with Crippen molar-refractivity contribution >= 4 is 11.6 Å². The molecule has 1 fully saturated rings. The number of anilines is 1. The normalized spacial score (nSPS) is 16.4. The number of piperidine rings is 1. The van der Waals surface area contributed by atoms with Gasteiger partial charge in [0.15, 0.2) is 11.5 Å². The summed E-state index contributed by atoms with van der Waals surface area (Å²) >= 11 is 0. The Morgan fingerprint density at radius 2 is 1.85 bits per heavy atom. The second-order valence-corrected chi connectivity index (χ2v) is 8.14. The monoisotopic (exact) mass is 450 g/mol. The van der Waals surface area contributed by atoms with Crippen molar-refractivity contribution in [2.45, 2.75) is 19.4 Å². The number of likely N-dealkylation sites (tertiary alicyclic amines) is 1. The lowest BCUT2D eigenvalue weighted by atomic mass is 9.96. The third-order valence-corrected chi connectivity index (χ3v) is 5.94. The summed E-state index contributed by atoms with van der Waals surface area (Å²) in [4.78, 5) is 19.5. The van der Waals surface area contributed by atoms with Crippen LogP contribution in [0.15, 0.2) is 47.0 Å². The fourth-order valence-electron chi connectivity index (χ4n) is 4.09. The molecule has 0 spiro atoms. The van der Waals surface area contributed by atoms with Gasteiger partial charge in [-0.25, -0.2) is 0 Å². The number of hydrogen-bond acceptors (Lipinski definition) is 8. The molecule has 0 radical (unpaired) electrons. The average molecular weight is 450 g/mol. The van der Waals surface area contributed by atoms with E-state index in [1.165, 1.54) is 0 Å². The van der Waals surface area contributed by atoms with Crippen molar-refractivity contribution in [1.82, 2.24) is 15.0 Å². The number of aromatic nitrogens is 2. The van der Waals surface area contributed by atoms with Gasteiger partial charge in [-0.05, 0) is 62.3 Å². The van der Waals surface area contributed by atoms with Gasteiger partial charge < -0.3 is 24.1 Å².